The maximum Gasteiger partial charge on any atom is 0.407 e. The molecule has 14 nitrogen and oxygen atoms in total. The summed E-state index contributed by atoms with van der Waals surface area (Å²) >= 11 is 0. The second kappa shape index (κ2) is 15.3. The van der Waals surface area contributed by atoms with Gasteiger partial charge >= 0.3 is 12.2 Å². The predicted molar refractivity (Wildman–Crippen MR) is 217 cm³/mol. The Bertz CT molecular complexity index is 2090. The maximum atomic E-state index is 13.8. The first-order valence-corrected chi connectivity index (χ1v) is 20.4. The Morgan fingerprint density at radius 2 is 1.05 bits per heavy atom. The van der Waals surface area contributed by atoms with E-state index in [1.54, 1.807) is 0 Å². The molecule has 14 heteroatoms. The Kier molecular flexibility index (Phi) is 10.3. The number of ether oxygens (including phenoxy) is 2. The number of likely N-dealkylation sites (tertiary alicyclic amines) is 2. The molecular formula is C44H54N8O6. The molecule has 4 heterocycles. The van der Waals surface area contributed by atoms with Crippen molar-refractivity contribution in [1.82, 2.24) is 40.4 Å². The SMILES string of the molecule is COC(=O)N[C@H](C(=O)N1[C@@H]2C[C@@H]2C[C@H]1c1nc(-c2ccc(-c3ccc(-c4c[nH]c([C@@H]5C[C@H]6C[C@H]6N5C(=O)[C@@H](NC(=O)OC)C(C)C)n4)cc3C)c(C)c2)c[nH]1)C(C)C. The summed E-state index contributed by atoms with van der Waals surface area (Å²) in [5, 5.41) is 5.49. The van der Waals surface area contributed by atoms with E-state index in [4.69, 9.17) is 19.4 Å². The van der Waals surface area contributed by atoms with Crippen molar-refractivity contribution in [3.63, 3.8) is 0 Å². The van der Waals surface area contributed by atoms with E-state index in [1.165, 1.54) is 14.2 Å². The third-order valence-corrected chi connectivity index (χ3v) is 12.7. The Hall–Kier alpha value is -5.66. The van der Waals surface area contributed by atoms with E-state index in [0.29, 0.717) is 11.8 Å². The summed E-state index contributed by atoms with van der Waals surface area (Å²) in [5.74, 6) is 2.00. The highest BCUT2D eigenvalue weighted by Gasteiger charge is 2.57. The lowest BCUT2D eigenvalue weighted by Crippen LogP contribution is -2.52. The van der Waals surface area contributed by atoms with Gasteiger partial charge in [-0.2, -0.15) is 0 Å². The summed E-state index contributed by atoms with van der Waals surface area (Å²) in [6, 6.07) is 11.3. The lowest BCUT2D eigenvalue weighted by Gasteiger charge is -2.31. The summed E-state index contributed by atoms with van der Waals surface area (Å²) in [6.07, 6.45) is 6.23. The van der Waals surface area contributed by atoms with Gasteiger partial charge in [0.15, 0.2) is 0 Å². The summed E-state index contributed by atoms with van der Waals surface area (Å²) in [5.41, 5.74) is 8.05. The fourth-order valence-corrected chi connectivity index (χ4v) is 9.32. The first-order valence-electron chi connectivity index (χ1n) is 20.4. The minimum Gasteiger partial charge on any atom is -0.453 e. The maximum absolute atomic E-state index is 13.8. The first-order chi connectivity index (χ1) is 27.8. The molecule has 4 fully saturated rings. The molecule has 8 atom stereocenters. The Labute approximate surface area is 338 Å². The highest BCUT2D eigenvalue weighted by atomic mass is 16.5. The van der Waals surface area contributed by atoms with Gasteiger partial charge in [-0.1, -0.05) is 52.0 Å². The van der Waals surface area contributed by atoms with Crippen LogP contribution in [0, 0.1) is 37.5 Å². The van der Waals surface area contributed by atoms with E-state index in [-0.39, 0.29) is 47.8 Å². The third-order valence-electron chi connectivity index (χ3n) is 12.7. The van der Waals surface area contributed by atoms with Crippen LogP contribution in [0.3, 0.4) is 0 Å². The van der Waals surface area contributed by atoms with Crippen molar-refractivity contribution < 1.29 is 28.7 Å². The van der Waals surface area contributed by atoms with Gasteiger partial charge < -0.3 is 39.9 Å². The molecule has 2 aliphatic heterocycles. The van der Waals surface area contributed by atoms with Crippen LogP contribution in [0.4, 0.5) is 9.59 Å². The number of aromatic nitrogens is 4. The largest absolute Gasteiger partial charge is 0.453 e. The van der Waals surface area contributed by atoms with Crippen molar-refractivity contribution >= 4 is 24.0 Å². The number of benzene rings is 2. The van der Waals surface area contributed by atoms with Crippen molar-refractivity contribution in [1.29, 1.82) is 0 Å². The number of aromatic amines is 2. The van der Waals surface area contributed by atoms with Crippen LogP contribution in [0.1, 0.15) is 88.2 Å². The Morgan fingerprint density at radius 3 is 1.40 bits per heavy atom. The van der Waals surface area contributed by atoms with Crippen molar-refractivity contribution in [3.05, 3.63) is 71.6 Å². The highest BCUT2D eigenvalue weighted by Crippen LogP contribution is 2.54. The van der Waals surface area contributed by atoms with Crippen molar-refractivity contribution in [3.8, 4) is 33.6 Å². The molecule has 2 aromatic heterocycles. The summed E-state index contributed by atoms with van der Waals surface area (Å²) in [6.45, 7) is 11.9. The number of H-pyrrole nitrogens is 2. The second-order valence-electron chi connectivity index (χ2n) is 17.2. The standard InChI is InChI=1S/C44H54N8O6/c1-21(2)37(49-43(55)57-7)41(53)51-33-15-27(33)17-35(51)39-45-19-31(47-39)25-9-11-29(23(5)13-25)30-12-10-26(14-24(30)6)32-20-46-40(48-32)36-18-28-16-34(28)52(36)42(54)38(22(3)4)50-44(56)58-8/h9-14,19-22,27-28,33-38H,15-18H2,1-8H3,(H,45,47)(H,46,48)(H,49,55)(H,50,56)/t27-,28-,33-,34-,35+,36+,37+,38+/m1/s1. The fraction of sp³-hybridized carbons (Fsp3) is 0.500. The lowest BCUT2D eigenvalue weighted by atomic mass is 9.93. The van der Waals surface area contributed by atoms with Crippen LogP contribution in [0.15, 0.2) is 48.8 Å². The Balaban J connectivity index is 0.970. The molecule has 0 radical (unpaired) electrons. The van der Waals surface area contributed by atoms with Crippen LogP contribution >= 0.6 is 0 Å². The van der Waals surface area contributed by atoms with Crippen LogP contribution < -0.4 is 10.6 Å². The number of carbonyl (C=O) groups is 4. The summed E-state index contributed by atoms with van der Waals surface area (Å²) in [4.78, 5) is 72.4. The van der Waals surface area contributed by atoms with Crippen LogP contribution in [-0.4, -0.2) is 92.1 Å². The molecule has 4 aromatic rings. The van der Waals surface area contributed by atoms with E-state index >= 15 is 0 Å². The number of fused-ring (bicyclic) bond motifs is 2. The zero-order chi connectivity index (χ0) is 41.2. The number of nitrogens with one attached hydrogen (secondary N) is 4. The first kappa shape index (κ1) is 39.2. The van der Waals surface area contributed by atoms with E-state index in [9.17, 15) is 19.2 Å². The number of piperidine rings is 2. The molecule has 4 amide bonds. The molecule has 2 aromatic carbocycles. The molecule has 0 bridgehead atoms. The number of alkyl carbamates (subject to hydrolysis) is 2. The molecule has 2 saturated carbocycles. The number of aryl methyl sites for hydroxylation is 2. The number of amides is 4. The molecule has 2 aliphatic carbocycles. The van der Waals surface area contributed by atoms with Gasteiger partial charge in [0.25, 0.3) is 0 Å². The molecule has 306 valence electrons. The minimum absolute atomic E-state index is 0.0995. The van der Waals surface area contributed by atoms with Gasteiger partial charge in [0, 0.05) is 35.6 Å². The third kappa shape index (κ3) is 7.21. The van der Waals surface area contributed by atoms with Crippen molar-refractivity contribution in [2.75, 3.05) is 14.2 Å². The number of rotatable bonds is 11. The predicted octanol–water partition coefficient (Wildman–Crippen LogP) is 6.84. The smallest absolute Gasteiger partial charge is 0.407 e. The van der Waals surface area contributed by atoms with Gasteiger partial charge in [-0.25, -0.2) is 19.6 Å². The molecule has 4 aliphatic rings. The van der Waals surface area contributed by atoms with Gasteiger partial charge in [0.2, 0.25) is 11.8 Å². The van der Waals surface area contributed by atoms with E-state index in [0.717, 1.165) is 82.1 Å². The van der Waals surface area contributed by atoms with Crippen LogP contribution in [-0.2, 0) is 19.1 Å². The van der Waals surface area contributed by atoms with E-state index in [1.807, 2.05) is 49.9 Å². The monoisotopic (exact) mass is 790 g/mol. The number of hydrogen-bond donors (Lipinski definition) is 4. The molecular weight excluding hydrogens is 737 g/mol. The molecule has 0 spiro atoms. The quantitative estimate of drug-likeness (QED) is 0.128. The van der Waals surface area contributed by atoms with Gasteiger partial charge in [0.1, 0.15) is 23.7 Å². The average molecular weight is 791 g/mol. The zero-order valence-electron chi connectivity index (χ0n) is 34.5. The number of methoxy groups -OCH3 is 2. The average Bonchev–Trinajstić information content (AvgIpc) is 3.78. The van der Waals surface area contributed by atoms with Crippen LogP contribution in [0.5, 0.6) is 0 Å². The number of imidazole rings is 2. The zero-order valence-corrected chi connectivity index (χ0v) is 34.5. The lowest BCUT2D eigenvalue weighted by molar-refractivity contribution is -0.137. The van der Waals surface area contributed by atoms with Crippen LogP contribution in [0.2, 0.25) is 0 Å². The Morgan fingerprint density at radius 1 is 0.655 bits per heavy atom. The molecule has 8 rings (SSSR count). The van der Waals surface area contributed by atoms with Gasteiger partial charge in [-0.15, -0.1) is 0 Å². The topological polar surface area (TPSA) is 175 Å². The molecule has 2 saturated heterocycles. The highest BCUT2D eigenvalue weighted by molar-refractivity contribution is 5.88. The van der Waals surface area contributed by atoms with Crippen molar-refractivity contribution in [2.45, 2.75) is 103 Å². The van der Waals surface area contributed by atoms with E-state index < -0.39 is 24.3 Å². The van der Waals surface area contributed by atoms with Crippen LogP contribution in [0.25, 0.3) is 33.6 Å². The molecule has 4 N–H and O–H groups in total. The molecule has 0 unspecified atom stereocenters. The molecule has 58 heavy (non-hydrogen) atoms. The number of hydrogen-bond acceptors (Lipinski definition) is 8. The second-order valence-corrected chi connectivity index (χ2v) is 17.2. The van der Waals surface area contributed by atoms with Gasteiger partial charge in [0.05, 0.1) is 37.7 Å². The summed E-state index contributed by atoms with van der Waals surface area (Å²) < 4.78 is 9.61. The van der Waals surface area contributed by atoms with E-state index in [2.05, 4.69) is 70.8 Å². The number of nitrogens with zero attached hydrogens (tertiary/aromatic N) is 4. The van der Waals surface area contributed by atoms with Crippen molar-refractivity contribution in [2.24, 2.45) is 23.7 Å². The summed E-state index contributed by atoms with van der Waals surface area (Å²) in [7, 11) is 2.61. The normalized spacial score (nSPS) is 24.0. The van der Waals surface area contributed by atoms with Gasteiger partial charge in [-0.05, 0) is 97.6 Å². The number of carbonyl (C=O) groups excluding carboxylic acids is 4. The van der Waals surface area contributed by atoms with Gasteiger partial charge in [-0.3, -0.25) is 9.59 Å². The minimum atomic E-state index is -0.680. The fourth-order valence-electron chi connectivity index (χ4n) is 9.32.